The summed E-state index contributed by atoms with van der Waals surface area (Å²) in [5.74, 6) is 1.02. The van der Waals surface area contributed by atoms with Crippen molar-refractivity contribution in [1.82, 2.24) is 4.90 Å². The lowest BCUT2D eigenvalue weighted by Crippen LogP contribution is -2.34. The number of hydrogen-bond acceptors (Lipinski definition) is 2. The number of halogens is 2. The van der Waals surface area contributed by atoms with Crippen LogP contribution in [0.3, 0.4) is 0 Å². The summed E-state index contributed by atoms with van der Waals surface area (Å²) >= 11 is 0. The van der Waals surface area contributed by atoms with Crippen LogP contribution in [0.25, 0.3) is 0 Å². The number of nitrogens with zero attached hydrogens (tertiary/aromatic N) is 1. The van der Waals surface area contributed by atoms with Gasteiger partial charge in [0.25, 0.3) is 0 Å². The number of hydrogen-bond donors (Lipinski definition) is 0. The van der Waals surface area contributed by atoms with E-state index < -0.39 is 6.61 Å². The molecular formula is C15H21F2NO. The average Bonchev–Trinajstić information content (AvgIpc) is 2.38. The lowest BCUT2D eigenvalue weighted by molar-refractivity contribution is -0.0499. The van der Waals surface area contributed by atoms with Crippen LogP contribution >= 0.6 is 0 Å². The minimum absolute atomic E-state index is 0.247. The third-order valence-electron chi connectivity index (χ3n) is 3.71. The van der Waals surface area contributed by atoms with Crippen molar-refractivity contribution in [1.29, 1.82) is 0 Å². The summed E-state index contributed by atoms with van der Waals surface area (Å²) in [6.45, 7) is 2.49. The van der Waals surface area contributed by atoms with Gasteiger partial charge in [0.2, 0.25) is 0 Å². The van der Waals surface area contributed by atoms with Crippen molar-refractivity contribution >= 4 is 0 Å². The molecule has 0 aliphatic carbocycles. The highest BCUT2D eigenvalue weighted by Gasteiger charge is 2.18. The zero-order valence-corrected chi connectivity index (χ0v) is 11.3. The van der Waals surface area contributed by atoms with Crippen LogP contribution in [0.4, 0.5) is 8.78 Å². The van der Waals surface area contributed by atoms with E-state index in [1.165, 1.54) is 19.3 Å². The van der Waals surface area contributed by atoms with Crippen LogP contribution in [0.15, 0.2) is 24.3 Å². The second-order valence-corrected chi connectivity index (χ2v) is 5.18. The Balaban J connectivity index is 1.94. The molecule has 1 aromatic rings. The van der Waals surface area contributed by atoms with E-state index in [4.69, 9.17) is 0 Å². The number of piperidine rings is 1. The topological polar surface area (TPSA) is 12.5 Å². The number of ether oxygens (including phenoxy) is 1. The predicted octanol–water partition coefficient (Wildman–Crippen LogP) is 3.91. The highest BCUT2D eigenvalue weighted by atomic mass is 19.3. The minimum Gasteiger partial charge on any atom is -0.435 e. The lowest BCUT2D eigenvalue weighted by Gasteiger charge is -2.32. The minimum atomic E-state index is -2.75. The molecule has 0 aromatic heterocycles. The predicted molar refractivity (Wildman–Crippen MR) is 71.4 cm³/mol. The zero-order valence-electron chi connectivity index (χ0n) is 11.3. The van der Waals surface area contributed by atoms with Crippen LogP contribution in [-0.2, 0) is 6.54 Å². The van der Waals surface area contributed by atoms with E-state index >= 15 is 0 Å². The molecule has 0 unspecified atom stereocenters. The Morgan fingerprint density at radius 1 is 1.42 bits per heavy atom. The first kappa shape index (κ1) is 14.3. The highest BCUT2D eigenvalue weighted by molar-refractivity contribution is 5.28. The molecule has 0 saturated carbocycles. The van der Waals surface area contributed by atoms with Crippen molar-refractivity contribution in [2.75, 3.05) is 13.1 Å². The van der Waals surface area contributed by atoms with Gasteiger partial charge in [-0.25, -0.2) is 0 Å². The van der Waals surface area contributed by atoms with Crippen LogP contribution in [-0.4, -0.2) is 24.6 Å². The van der Waals surface area contributed by atoms with E-state index in [1.807, 2.05) is 6.07 Å². The lowest BCUT2D eigenvalue weighted by atomic mass is 9.95. The van der Waals surface area contributed by atoms with Gasteiger partial charge in [0.15, 0.2) is 0 Å². The van der Waals surface area contributed by atoms with Crippen molar-refractivity contribution in [3.63, 3.8) is 0 Å². The van der Waals surface area contributed by atoms with Crippen LogP contribution < -0.4 is 4.74 Å². The van der Waals surface area contributed by atoms with Gasteiger partial charge < -0.3 is 4.74 Å². The van der Waals surface area contributed by atoms with Gasteiger partial charge in [-0.1, -0.05) is 25.5 Å². The number of alkyl halides is 2. The van der Waals surface area contributed by atoms with Gasteiger partial charge in [-0.3, -0.25) is 4.90 Å². The van der Waals surface area contributed by atoms with Crippen molar-refractivity contribution in [3.8, 4) is 5.75 Å². The molecule has 106 valence electrons. The third kappa shape index (κ3) is 4.46. The summed E-state index contributed by atoms with van der Waals surface area (Å²) in [5, 5.41) is 0. The van der Waals surface area contributed by atoms with E-state index in [0.717, 1.165) is 31.1 Å². The summed E-state index contributed by atoms with van der Waals surface area (Å²) in [6, 6.07) is 7.02. The van der Waals surface area contributed by atoms with Crippen LogP contribution in [0.5, 0.6) is 5.75 Å². The van der Waals surface area contributed by atoms with Gasteiger partial charge in [-0.2, -0.15) is 8.78 Å². The molecule has 4 heteroatoms. The number of likely N-dealkylation sites (tertiary alicyclic amines) is 1. The van der Waals surface area contributed by atoms with Crippen LogP contribution in [0.2, 0.25) is 0 Å². The normalized spacial score (nSPS) is 20.7. The fourth-order valence-electron chi connectivity index (χ4n) is 2.71. The summed E-state index contributed by atoms with van der Waals surface area (Å²) in [4.78, 5) is 2.40. The van der Waals surface area contributed by atoms with Crippen LogP contribution in [0.1, 0.15) is 31.7 Å². The van der Waals surface area contributed by atoms with Gasteiger partial charge in [-0.05, 0) is 43.0 Å². The Hall–Kier alpha value is -1.16. The molecule has 1 aliphatic heterocycles. The van der Waals surface area contributed by atoms with E-state index in [-0.39, 0.29) is 5.75 Å². The molecule has 2 rings (SSSR count). The van der Waals surface area contributed by atoms with Gasteiger partial charge >= 0.3 is 6.61 Å². The maximum atomic E-state index is 12.2. The van der Waals surface area contributed by atoms with Crippen molar-refractivity contribution in [2.45, 2.75) is 39.3 Å². The van der Waals surface area contributed by atoms with E-state index in [0.29, 0.717) is 0 Å². The van der Waals surface area contributed by atoms with Crippen molar-refractivity contribution in [2.24, 2.45) is 5.92 Å². The Bertz CT molecular complexity index is 397. The molecule has 0 amide bonds. The Morgan fingerprint density at radius 2 is 2.26 bits per heavy atom. The quantitative estimate of drug-likeness (QED) is 0.803. The summed E-state index contributed by atoms with van der Waals surface area (Å²) in [6.07, 6.45) is 3.75. The molecule has 1 atom stereocenters. The molecule has 0 N–H and O–H groups in total. The molecule has 1 aromatic carbocycles. The fourth-order valence-corrected chi connectivity index (χ4v) is 2.71. The monoisotopic (exact) mass is 269 g/mol. The second-order valence-electron chi connectivity index (χ2n) is 5.18. The fraction of sp³-hybridized carbons (Fsp3) is 0.600. The Kier molecular flexibility index (Phi) is 5.14. The third-order valence-corrected chi connectivity index (χ3v) is 3.71. The van der Waals surface area contributed by atoms with Gasteiger partial charge in [0.1, 0.15) is 5.75 Å². The first-order valence-electron chi connectivity index (χ1n) is 6.93. The molecule has 0 spiro atoms. The van der Waals surface area contributed by atoms with Gasteiger partial charge in [-0.15, -0.1) is 0 Å². The average molecular weight is 269 g/mol. The molecule has 1 saturated heterocycles. The maximum absolute atomic E-state index is 12.2. The molecule has 0 radical (unpaired) electrons. The Morgan fingerprint density at radius 3 is 3.00 bits per heavy atom. The largest absolute Gasteiger partial charge is 0.435 e. The number of benzene rings is 1. The Labute approximate surface area is 113 Å². The molecule has 1 aliphatic rings. The van der Waals surface area contributed by atoms with Gasteiger partial charge in [0.05, 0.1) is 0 Å². The molecular weight excluding hydrogens is 248 g/mol. The highest BCUT2D eigenvalue weighted by Crippen LogP contribution is 2.22. The summed E-state index contributed by atoms with van der Waals surface area (Å²) in [7, 11) is 0. The number of rotatable bonds is 5. The zero-order chi connectivity index (χ0) is 13.7. The first-order valence-corrected chi connectivity index (χ1v) is 6.93. The molecule has 19 heavy (non-hydrogen) atoms. The molecule has 0 bridgehead atoms. The maximum Gasteiger partial charge on any atom is 0.387 e. The summed E-state index contributed by atoms with van der Waals surface area (Å²) < 4.78 is 28.8. The van der Waals surface area contributed by atoms with Crippen molar-refractivity contribution < 1.29 is 13.5 Å². The molecule has 2 nitrogen and oxygen atoms in total. The van der Waals surface area contributed by atoms with E-state index in [1.54, 1.807) is 18.2 Å². The SMILES string of the molecule is CC[C@H]1CCCN(Cc2cccc(OC(F)F)c2)C1. The second kappa shape index (κ2) is 6.85. The van der Waals surface area contributed by atoms with E-state index in [2.05, 4.69) is 16.6 Å². The summed E-state index contributed by atoms with van der Waals surface area (Å²) in [5.41, 5.74) is 1.04. The standard InChI is InChI=1S/C15H21F2NO/c1-2-12-6-4-8-18(10-12)11-13-5-3-7-14(9-13)19-15(16)17/h3,5,7,9,12,15H,2,4,6,8,10-11H2,1H3/t12-/m0/s1. The molecule has 1 fully saturated rings. The first-order chi connectivity index (χ1) is 9.17. The van der Waals surface area contributed by atoms with E-state index in [9.17, 15) is 8.78 Å². The molecule has 1 heterocycles. The van der Waals surface area contributed by atoms with Crippen molar-refractivity contribution in [3.05, 3.63) is 29.8 Å². The smallest absolute Gasteiger partial charge is 0.387 e. The van der Waals surface area contributed by atoms with Crippen LogP contribution in [0, 0.1) is 5.92 Å². The van der Waals surface area contributed by atoms with Gasteiger partial charge in [0, 0.05) is 13.1 Å².